The summed E-state index contributed by atoms with van der Waals surface area (Å²) in [4.78, 5) is 23.5. The maximum absolute atomic E-state index is 13.3. The minimum atomic E-state index is 0.102. The molecule has 6 heteroatoms. The third-order valence-corrected chi connectivity index (χ3v) is 7.07. The monoisotopic (exact) mass is 441 g/mol. The van der Waals surface area contributed by atoms with Crippen LogP contribution in [-0.4, -0.2) is 47.2 Å². The average molecular weight is 442 g/mol. The van der Waals surface area contributed by atoms with Gasteiger partial charge in [-0.3, -0.25) is 9.69 Å². The third-order valence-electron chi connectivity index (χ3n) is 5.00. The molecule has 0 aliphatic heterocycles. The van der Waals surface area contributed by atoms with Gasteiger partial charge in [0.2, 0.25) is 5.91 Å². The van der Waals surface area contributed by atoms with E-state index in [1.807, 2.05) is 34.9 Å². The first-order chi connectivity index (χ1) is 14.5. The highest BCUT2D eigenvalue weighted by molar-refractivity contribution is 7.99. The highest BCUT2D eigenvalue weighted by atomic mass is 32.2. The van der Waals surface area contributed by atoms with Crippen LogP contribution in [0, 0.1) is 0 Å². The molecule has 160 valence electrons. The lowest BCUT2D eigenvalue weighted by Crippen LogP contribution is -2.39. The molecule has 30 heavy (non-hydrogen) atoms. The van der Waals surface area contributed by atoms with Gasteiger partial charge in [0.05, 0.1) is 16.6 Å². The standard InChI is InChI=1S/C24H31N3OS2/c1-5-26(6-2)15-16-27(24-25-21-9-7-8-10-22(21)30-24)23(28)17-19-11-13-20(14-12-19)29-18(3)4/h7-14,18H,5-6,15-17H2,1-4H3. The molecule has 0 fully saturated rings. The molecular weight excluding hydrogens is 410 g/mol. The Balaban J connectivity index is 1.78. The second-order valence-electron chi connectivity index (χ2n) is 7.52. The van der Waals surface area contributed by atoms with Crippen LogP contribution in [-0.2, 0) is 11.2 Å². The molecule has 3 rings (SSSR count). The number of thiazole rings is 1. The van der Waals surface area contributed by atoms with E-state index >= 15 is 0 Å². The van der Waals surface area contributed by atoms with E-state index in [4.69, 9.17) is 4.98 Å². The van der Waals surface area contributed by atoms with Crippen molar-refractivity contribution in [2.45, 2.75) is 44.3 Å². The number of rotatable bonds is 10. The molecular formula is C24H31N3OS2. The van der Waals surface area contributed by atoms with Crippen LogP contribution in [0.3, 0.4) is 0 Å². The summed E-state index contributed by atoms with van der Waals surface area (Å²) in [5.74, 6) is 0.102. The molecule has 0 unspecified atom stereocenters. The van der Waals surface area contributed by atoms with Crippen LogP contribution in [0.5, 0.6) is 0 Å². The first kappa shape index (κ1) is 22.8. The Morgan fingerprint density at radius 1 is 1.03 bits per heavy atom. The number of carbonyl (C=O) groups excluding carboxylic acids is 1. The lowest BCUT2D eigenvalue weighted by molar-refractivity contribution is -0.118. The Morgan fingerprint density at radius 3 is 2.37 bits per heavy atom. The molecule has 0 aliphatic carbocycles. The van der Waals surface area contributed by atoms with Crippen LogP contribution in [0.1, 0.15) is 33.3 Å². The number of fused-ring (bicyclic) bond motifs is 1. The number of hydrogen-bond acceptors (Lipinski definition) is 5. The van der Waals surface area contributed by atoms with E-state index in [0.717, 1.165) is 40.5 Å². The highest BCUT2D eigenvalue weighted by Crippen LogP contribution is 2.29. The van der Waals surface area contributed by atoms with Gasteiger partial charge in [0.25, 0.3) is 0 Å². The SMILES string of the molecule is CCN(CC)CCN(C(=O)Cc1ccc(SC(C)C)cc1)c1nc2ccccc2s1. The molecule has 0 bridgehead atoms. The topological polar surface area (TPSA) is 36.4 Å². The molecule has 1 heterocycles. The smallest absolute Gasteiger partial charge is 0.233 e. The minimum absolute atomic E-state index is 0.102. The summed E-state index contributed by atoms with van der Waals surface area (Å²) in [5, 5.41) is 1.34. The quantitative estimate of drug-likeness (QED) is 0.377. The number of anilines is 1. The number of para-hydroxylation sites is 1. The number of carbonyl (C=O) groups is 1. The van der Waals surface area contributed by atoms with Crippen molar-refractivity contribution in [3.8, 4) is 0 Å². The summed E-state index contributed by atoms with van der Waals surface area (Å²) in [7, 11) is 0. The molecule has 1 aromatic heterocycles. The molecule has 1 amide bonds. The maximum Gasteiger partial charge on any atom is 0.233 e. The lowest BCUT2D eigenvalue weighted by atomic mass is 10.1. The molecule has 0 atom stereocenters. The summed E-state index contributed by atoms with van der Waals surface area (Å²) in [6.07, 6.45) is 0.390. The number of benzene rings is 2. The van der Waals surface area contributed by atoms with Crippen molar-refractivity contribution in [1.29, 1.82) is 0 Å². The maximum atomic E-state index is 13.3. The second-order valence-corrected chi connectivity index (χ2v) is 10.2. The van der Waals surface area contributed by atoms with Crippen molar-refractivity contribution in [2.24, 2.45) is 0 Å². The number of amides is 1. The number of nitrogens with zero attached hydrogens (tertiary/aromatic N) is 3. The van der Waals surface area contributed by atoms with Crippen molar-refractivity contribution in [2.75, 3.05) is 31.1 Å². The fourth-order valence-electron chi connectivity index (χ4n) is 3.31. The molecule has 3 aromatic rings. The molecule has 0 radical (unpaired) electrons. The predicted molar refractivity (Wildman–Crippen MR) is 131 cm³/mol. The van der Waals surface area contributed by atoms with Gasteiger partial charge in [-0.15, -0.1) is 11.8 Å². The van der Waals surface area contributed by atoms with Gasteiger partial charge in [-0.1, -0.05) is 63.3 Å². The molecule has 4 nitrogen and oxygen atoms in total. The zero-order valence-electron chi connectivity index (χ0n) is 18.3. The first-order valence-electron chi connectivity index (χ1n) is 10.6. The van der Waals surface area contributed by atoms with Crippen molar-refractivity contribution >= 4 is 44.4 Å². The van der Waals surface area contributed by atoms with Crippen LogP contribution >= 0.6 is 23.1 Å². The first-order valence-corrected chi connectivity index (χ1v) is 12.3. The zero-order chi connectivity index (χ0) is 21.5. The molecule has 0 N–H and O–H groups in total. The van der Waals surface area contributed by atoms with Crippen LogP contribution in [0.25, 0.3) is 10.2 Å². The third kappa shape index (κ3) is 6.06. The van der Waals surface area contributed by atoms with E-state index < -0.39 is 0 Å². The highest BCUT2D eigenvalue weighted by Gasteiger charge is 2.20. The number of aromatic nitrogens is 1. The van der Waals surface area contributed by atoms with E-state index in [1.165, 1.54) is 4.90 Å². The van der Waals surface area contributed by atoms with Crippen LogP contribution in [0.4, 0.5) is 5.13 Å². The van der Waals surface area contributed by atoms with Crippen molar-refractivity contribution < 1.29 is 4.79 Å². The van der Waals surface area contributed by atoms with Crippen LogP contribution in [0.2, 0.25) is 0 Å². The molecule has 0 spiro atoms. The van der Waals surface area contributed by atoms with Crippen LogP contribution in [0.15, 0.2) is 53.4 Å². The van der Waals surface area contributed by atoms with Gasteiger partial charge in [0.15, 0.2) is 5.13 Å². The lowest BCUT2D eigenvalue weighted by Gasteiger charge is -2.24. The number of likely N-dealkylation sites (N-methyl/N-ethyl adjacent to an activating group) is 1. The van der Waals surface area contributed by atoms with Gasteiger partial charge in [0.1, 0.15) is 0 Å². The largest absolute Gasteiger partial charge is 0.302 e. The summed E-state index contributed by atoms with van der Waals surface area (Å²) < 4.78 is 1.11. The predicted octanol–water partition coefficient (Wildman–Crippen LogP) is 5.71. The van der Waals surface area contributed by atoms with E-state index in [-0.39, 0.29) is 5.91 Å². The van der Waals surface area contributed by atoms with Crippen molar-refractivity contribution in [1.82, 2.24) is 9.88 Å². The molecule has 0 saturated heterocycles. The van der Waals surface area contributed by atoms with E-state index in [2.05, 4.69) is 62.9 Å². The Labute approximate surface area is 188 Å². The Bertz CT molecular complexity index is 915. The van der Waals surface area contributed by atoms with Crippen molar-refractivity contribution in [3.63, 3.8) is 0 Å². The average Bonchev–Trinajstić information content (AvgIpc) is 3.16. The minimum Gasteiger partial charge on any atom is -0.302 e. The Kier molecular flexibility index (Phi) is 8.31. The van der Waals surface area contributed by atoms with Gasteiger partial charge in [-0.05, 0) is 42.9 Å². The fourth-order valence-corrected chi connectivity index (χ4v) is 5.16. The summed E-state index contributed by atoms with van der Waals surface area (Å²) in [6, 6.07) is 16.5. The second kappa shape index (κ2) is 10.9. The van der Waals surface area contributed by atoms with Gasteiger partial charge in [-0.25, -0.2) is 4.98 Å². The fraction of sp³-hybridized carbons (Fsp3) is 0.417. The number of hydrogen-bond donors (Lipinski definition) is 0. The van der Waals surface area contributed by atoms with Gasteiger partial charge in [0, 0.05) is 23.2 Å². The Morgan fingerprint density at radius 2 is 1.73 bits per heavy atom. The Hall–Kier alpha value is -1.89. The van der Waals surface area contributed by atoms with E-state index in [0.29, 0.717) is 18.2 Å². The van der Waals surface area contributed by atoms with Crippen LogP contribution < -0.4 is 4.90 Å². The molecule has 2 aromatic carbocycles. The zero-order valence-corrected chi connectivity index (χ0v) is 19.9. The molecule has 0 aliphatic rings. The van der Waals surface area contributed by atoms with Gasteiger partial charge < -0.3 is 4.90 Å². The summed E-state index contributed by atoms with van der Waals surface area (Å²) in [5.41, 5.74) is 2.00. The normalized spacial score (nSPS) is 11.5. The van der Waals surface area contributed by atoms with E-state index in [1.54, 1.807) is 11.3 Å². The summed E-state index contributed by atoms with van der Waals surface area (Å²) >= 11 is 3.43. The number of thioether (sulfide) groups is 1. The van der Waals surface area contributed by atoms with E-state index in [9.17, 15) is 4.79 Å². The van der Waals surface area contributed by atoms with Crippen molar-refractivity contribution in [3.05, 3.63) is 54.1 Å². The van der Waals surface area contributed by atoms with Gasteiger partial charge >= 0.3 is 0 Å². The molecule has 0 saturated carbocycles. The van der Waals surface area contributed by atoms with Gasteiger partial charge in [-0.2, -0.15) is 0 Å². The summed E-state index contributed by atoms with van der Waals surface area (Å²) in [6.45, 7) is 12.1.